The van der Waals surface area contributed by atoms with Crippen molar-refractivity contribution >= 4 is 33.2 Å². The van der Waals surface area contributed by atoms with Gasteiger partial charge >= 0.3 is 5.97 Å². The number of aliphatic carboxylic acids is 1. The fraction of sp³-hybridized carbons (Fsp3) is 0.625. The van der Waals surface area contributed by atoms with Gasteiger partial charge in [0.05, 0.1) is 12.7 Å². The Bertz CT molecular complexity index is 679. The number of sulfonamides is 1. The standard InChI is InChI=1S/C16H24N2O5S2/c1-25(22,23)18-6-4-12(5-7-18)11-17-15(19)9-13(10-16(20)21)14-3-2-8-24-14/h2-3,8,12-13H,4-7,9-11H2,1H3,(H,17,19)(H,20,21)/t13-/m1/s1. The minimum absolute atomic E-state index is 0.0688. The van der Waals surface area contributed by atoms with E-state index in [9.17, 15) is 18.0 Å². The Balaban J connectivity index is 1.79. The summed E-state index contributed by atoms with van der Waals surface area (Å²) in [5, 5.41) is 13.8. The number of nitrogens with one attached hydrogen (secondary N) is 1. The number of piperidine rings is 1. The van der Waals surface area contributed by atoms with Gasteiger partial charge < -0.3 is 10.4 Å². The Kier molecular flexibility index (Phi) is 6.97. The summed E-state index contributed by atoms with van der Waals surface area (Å²) < 4.78 is 24.4. The number of carboxylic acids is 1. The van der Waals surface area contributed by atoms with Gasteiger partial charge in [-0.15, -0.1) is 11.3 Å². The van der Waals surface area contributed by atoms with Crippen molar-refractivity contribution in [3.8, 4) is 0 Å². The molecule has 0 aromatic carbocycles. The molecule has 0 radical (unpaired) electrons. The molecule has 2 N–H and O–H groups in total. The SMILES string of the molecule is CS(=O)(=O)N1CCC(CNC(=O)C[C@H](CC(=O)O)c2cccs2)CC1. The highest BCUT2D eigenvalue weighted by Crippen LogP contribution is 2.27. The van der Waals surface area contributed by atoms with E-state index in [1.807, 2.05) is 17.5 Å². The lowest BCUT2D eigenvalue weighted by Gasteiger charge is -2.30. The highest BCUT2D eigenvalue weighted by molar-refractivity contribution is 7.88. The van der Waals surface area contributed by atoms with Crippen LogP contribution in [0.15, 0.2) is 17.5 Å². The zero-order valence-electron chi connectivity index (χ0n) is 14.2. The predicted octanol–water partition coefficient (Wildman–Crippen LogP) is 1.48. The molecule has 2 heterocycles. The first-order valence-electron chi connectivity index (χ1n) is 8.22. The Morgan fingerprint density at radius 2 is 2.04 bits per heavy atom. The third-order valence-corrected chi connectivity index (χ3v) is 6.77. The second-order valence-corrected chi connectivity index (χ2v) is 9.39. The van der Waals surface area contributed by atoms with Gasteiger partial charge in [0.15, 0.2) is 0 Å². The lowest BCUT2D eigenvalue weighted by molar-refractivity contribution is -0.137. The summed E-state index contributed by atoms with van der Waals surface area (Å²) in [6.07, 6.45) is 2.73. The molecule has 9 heteroatoms. The number of hydrogen-bond acceptors (Lipinski definition) is 5. The van der Waals surface area contributed by atoms with E-state index in [4.69, 9.17) is 5.11 Å². The number of thiophene rings is 1. The zero-order valence-corrected chi connectivity index (χ0v) is 15.8. The minimum Gasteiger partial charge on any atom is -0.481 e. The van der Waals surface area contributed by atoms with Crippen molar-refractivity contribution < 1.29 is 23.1 Å². The molecular weight excluding hydrogens is 364 g/mol. The normalized spacial score (nSPS) is 18.0. The Hall–Kier alpha value is -1.45. The molecule has 1 amide bonds. The van der Waals surface area contributed by atoms with Gasteiger partial charge in [-0.05, 0) is 30.2 Å². The molecule has 2 rings (SSSR count). The lowest BCUT2D eigenvalue weighted by Crippen LogP contribution is -2.41. The molecular formula is C16H24N2O5S2. The summed E-state index contributed by atoms with van der Waals surface area (Å²) in [6, 6.07) is 3.70. The molecule has 0 aliphatic carbocycles. The lowest BCUT2D eigenvalue weighted by atomic mass is 9.97. The van der Waals surface area contributed by atoms with Gasteiger partial charge in [0.2, 0.25) is 15.9 Å². The summed E-state index contributed by atoms with van der Waals surface area (Å²) in [7, 11) is -3.14. The maximum absolute atomic E-state index is 12.2. The van der Waals surface area contributed by atoms with Gasteiger partial charge in [0.1, 0.15) is 0 Å². The first-order valence-corrected chi connectivity index (χ1v) is 11.0. The highest BCUT2D eigenvalue weighted by Gasteiger charge is 2.26. The van der Waals surface area contributed by atoms with Crippen molar-refractivity contribution in [2.45, 2.75) is 31.6 Å². The topological polar surface area (TPSA) is 104 Å². The molecule has 1 saturated heterocycles. The molecule has 7 nitrogen and oxygen atoms in total. The maximum Gasteiger partial charge on any atom is 0.304 e. The number of rotatable bonds is 8. The van der Waals surface area contributed by atoms with Gasteiger partial charge in [-0.2, -0.15) is 0 Å². The summed E-state index contributed by atoms with van der Waals surface area (Å²) in [5.74, 6) is -1.14. The second kappa shape index (κ2) is 8.77. The van der Waals surface area contributed by atoms with Crippen LogP contribution in [0.3, 0.4) is 0 Å². The Morgan fingerprint density at radius 1 is 1.36 bits per heavy atom. The van der Waals surface area contributed by atoms with Crippen molar-refractivity contribution in [2.24, 2.45) is 5.92 Å². The van der Waals surface area contributed by atoms with Crippen LogP contribution in [0.25, 0.3) is 0 Å². The largest absolute Gasteiger partial charge is 0.481 e. The van der Waals surface area contributed by atoms with Crippen molar-refractivity contribution in [2.75, 3.05) is 25.9 Å². The highest BCUT2D eigenvalue weighted by atomic mass is 32.2. The van der Waals surface area contributed by atoms with E-state index in [0.717, 1.165) is 17.7 Å². The third-order valence-electron chi connectivity index (χ3n) is 4.43. The summed E-state index contributed by atoms with van der Waals surface area (Å²) in [6.45, 7) is 1.47. The first-order chi connectivity index (χ1) is 11.8. The Morgan fingerprint density at radius 3 is 2.56 bits per heavy atom. The summed E-state index contributed by atoms with van der Waals surface area (Å²) in [4.78, 5) is 24.1. The molecule has 1 atom stereocenters. The van der Waals surface area contributed by atoms with E-state index >= 15 is 0 Å². The van der Waals surface area contributed by atoms with Gasteiger partial charge in [-0.3, -0.25) is 9.59 Å². The van der Waals surface area contributed by atoms with Crippen LogP contribution in [0.2, 0.25) is 0 Å². The maximum atomic E-state index is 12.2. The van der Waals surface area contributed by atoms with Crippen LogP contribution >= 0.6 is 11.3 Å². The average Bonchev–Trinajstić information content (AvgIpc) is 3.06. The van der Waals surface area contributed by atoms with E-state index in [1.165, 1.54) is 21.9 Å². The molecule has 1 aliphatic heterocycles. The molecule has 1 fully saturated rings. The molecule has 1 aromatic rings. The fourth-order valence-electron chi connectivity index (χ4n) is 3.01. The van der Waals surface area contributed by atoms with Crippen LogP contribution in [0.1, 0.15) is 36.5 Å². The quantitative estimate of drug-likeness (QED) is 0.702. The molecule has 25 heavy (non-hydrogen) atoms. The van der Waals surface area contributed by atoms with E-state index in [1.54, 1.807) is 0 Å². The van der Waals surface area contributed by atoms with Crippen LogP contribution < -0.4 is 5.32 Å². The summed E-state index contributed by atoms with van der Waals surface area (Å²) >= 11 is 1.46. The van der Waals surface area contributed by atoms with Crippen LogP contribution in [0.4, 0.5) is 0 Å². The number of carbonyl (C=O) groups is 2. The number of carbonyl (C=O) groups excluding carboxylic acids is 1. The third kappa shape index (κ3) is 6.41. The monoisotopic (exact) mass is 388 g/mol. The van der Waals surface area contributed by atoms with E-state index in [2.05, 4.69) is 5.32 Å². The van der Waals surface area contributed by atoms with Crippen LogP contribution in [-0.2, 0) is 19.6 Å². The van der Waals surface area contributed by atoms with Crippen molar-refractivity contribution in [1.29, 1.82) is 0 Å². The molecule has 1 aromatic heterocycles. The van der Waals surface area contributed by atoms with E-state index in [-0.39, 0.29) is 30.6 Å². The van der Waals surface area contributed by atoms with E-state index in [0.29, 0.717) is 19.6 Å². The smallest absolute Gasteiger partial charge is 0.304 e. The van der Waals surface area contributed by atoms with Gasteiger partial charge in [0.25, 0.3) is 0 Å². The summed E-state index contributed by atoms with van der Waals surface area (Å²) in [5.41, 5.74) is 0. The first kappa shape index (κ1) is 19.9. The number of carboxylic acid groups (broad SMARTS) is 1. The predicted molar refractivity (Wildman–Crippen MR) is 96.1 cm³/mol. The van der Waals surface area contributed by atoms with Crippen molar-refractivity contribution in [1.82, 2.24) is 9.62 Å². The minimum atomic E-state index is -3.14. The van der Waals surface area contributed by atoms with Crippen LogP contribution in [0.5, 0.6) is 0 Å². The zero-order chi connectivity index (χ0) is 18.4. The number of amides is 1. The molecule has 140 valence electrons. The molecule has 0 unspecified atom stereocenters. The van der Waals surface area contributed by atoms with Crippen molar-refractivity contribution in [3.05, 3.63) is 22.4 Å². The molecule has 0 bridgehead atoms. The number of hydrogen-bond donors (Lipinski definition) is 2. The van der Waals surface area contributed by atoms with Gasteiger partial charge in [-0.1, -0.05) is 6.07 Å². The van der Waals surface area contributed by atoms with Gasteiger partial charge in [0, 0.05) is 36.9 Å². The van der Waals surface area contributed by atoms with Crippen molar-refractivity contribution in [3.63, 3.8) is 0 Å². The molecule has 0 spiro atoms. The fourth-order valence-corrected chi connectivity index (χ4v) is 4.71. The average molecular weight is 389 g/mol. The van der Waals surface area contributed by atoms with Gasteiger partial charge in [-0.25, -0.2) is 12.7 Å². The number of nitrogens with zero attached hydrogens (tertiary/aromatic N) is 1. The molecule has 0 saturated carbocycles. The van der Waals surface area contributed by atoms with Crippen LogP contribution in [-0.4, -0.2) is 55.6 Å². The Labute approximate surface area is 152 Å². The molecule has 1 aliphatic rings. The second-order valence-electron chi connectivity index (χ2n) is 6.42. The van der Waals surface area contributed by atoms with E-state index < -0.39 is 16.0 Å². The van der Waals surface area contributed by atoms with Crippen LogP contribution in [0, 0.1) is 5.92 Å².